The van der Waals surface area contributed by atoms with Gasteiger partial charge < -0.3 is 0 Å². The second kappa shape index (κ2) is 3.66. The van der Waals surface area contributed by atoms with Gasteiger partial charge in [-0.05, 0) is 12.0 Å². The molecule has 3 heteroatoms. The van der Waals surface area contributed by atoms with Crippen LogP contribution in [-0.2, 0) is 0 Å². The van der Waals surface area contributed by atoms with Gasteiger partial charge in [-0.1, -0.05) is 32.0 Å². The van der Waals surface area contributed by atoms with Gasteiger partial charge in [0.15, 0.2) is 0 Å². The Morgan fingerprint density at radius 1 is 1.20 bits per heavy atom. The average molecular weight is 197 g/mol. The molecule has 74 valence electrons. The number of hydrogen-bond donors (Lipinski definition) is 0. The predicted octanol–water partition coefficient (Wildman–Crippen LogP) is 2.62. The zero-order valence-corrected chi connectivity index (χ0v) is 8.73. The second-order valence-electron chi connectivity index (χ2n) is 3.72. The highest BCUT2D eigenvalue weighted by atomic mass is 14.9. The summed E-state index contributed by atoms with van der Waals surface area (Å²) in [5.74, 6) is 0.544. The SMILES string of the molecule is CC(C)c1nc(C#N)nc2ccccc12. The number of rotatable bonds is 1. The van der Waals surface area contributed by atoms with Crippen LogP contribution in [0.2, 0.25) is 0 Å². The van der Waals surface area contributed by atoms with E-state index in [0.29, 0.717) is 5.92 Å². The van der Waals surface area contributed by atoms with Crippen molar-refractivity contribution in [3.8, 4) is 6.07 Å². The molecular formula is C12H11N3. The molecule has 0 amide bonds. The summed E-state index contributed by atoms with van der Waals surface area (Å²) in [6, 6.07) is 9.77. The molecule has 15 heavy (non-hydrogen) atoms. The highest BCUT2D eigenvalue weighted by Crippen LogP contribution is 2.21. The first-order chi connectivity index (χ1) is 7.22. The quantitative estimate of drug-likeness (QED) is 0.706. The van der Waals surface area contributed by atoms with Gasteiger partial charge in [0.1, 0.15) is 6.07 Å². The molecule has 2 aromatic rings. The van der Waals surface area contributed by atoms with Gasteiger partial charge in [-0.3, -0.25) is 0 Å². The van der Waals surface area contributed by atoms with Gasteiger partial charge in [0.2, 0.25) is 5.82 Å². The standard InChI is InChI=1S/C12H11N3/c1-8(2)12-9-5-3-4-6-10(9)14-11(7-13)15-12/h3-6,8H,1-2H3. The van der Waals surface area contributed by atoms with E-state index in [0.717, 1.165) is 16.6 Å². The van der Waals surface area contributed by atoms with Crippen LogP contribution in [0.4, 0.5) is 0 Å². The van der Waals surface area contributed by atoms with Gasteiger partial charge in [0.25, 0.3) is 0 Å². The summed E-state index contributed by atoms with van der Waals surface area (Å²) < 4.78 is 0. The largest absolute Gasteiger partial charge is 0.233 e. The van der Waals surface area contributed by atoms with Crippen molar-refractivity contribution >= 4 is 10.9 Å². The van der Waals surface area contributed by atoms with Crippen LogP contribution >= 0.6 is 0 Å². The molecule has 0 saturated heterocycles. The molecule has 0 N–H and O–H groups in total. The Morgan fingerprint density at radius 2 is 1.93 bits per heavy atom. The molecule has 0 aliphatic heterocycles. The van der Waals surface area contributed by atoms with Crippen molar-refractivity contribution in [1.82, 2.24) is 9.97 Å². The summed E-state index contributed by atoms with van der Waals surface area (Å²) in [7, 11) is 0. The smallest absolute Gasteiger partial charge is 0.223 e. The van der Waals surface area contributed by atoms with Crippen LogP contribution in [0, 0.1) is 11.3 Å². The number of hydrogen-bond acceptors (Lipinski definition) is 3. The van der Waals surface area contributed by atoms with E-state index in [2.05, 4.69) is 23.8 Å². The van der Waals surface area contributed by atoms with Crippen LogP contribution in [-0.4, -0.2) is 9.97 Å². The third kappa shape index (κ3) is 1.66. The van der Waals surface area contributed by atoms with E-state index in [1.165, 1.54) is 0 Å². The summed E-state index contributed by atoms with van der Waals surface area (Å²) in [6.45, 7) is 4.13. The second-order valence-corrected chi connectivity index (χ2v) is 3.72. The topological polar surface area (TPSA) is 49.6 Å². The molecule has 0 radical (unpaired) electrons. The van der Waals surface area contributed by atoms with Crippen molar-refractivity contribution in [2.75, 3.05) is 0 Å². The first kappa shape index (κ1) is 9.60. The maximum Gasteiger partial charge on any atom is 0.233 e. The van der Waals surface area contributed by atoms with E-state index in [4.69, 9.17) is 5.26 Å². The Bertz CT molecular complexity index is 538. The molecule has 1 heterocycles. The van der Waals surface area contributed by atoms with Gasteiger partial charge in [0, 0.05) is 5.39 Å². The minimum atomic E-state index is 0.248. The number of benzene rings is 1. The lowest BCUT2D eigenvalue weighted by molar-refractivity contribution is 0.824. The average Bonchev–Trinajstić information content (AvgIpc) is 2.27. The summed E-state index contributed by atoms with van der Waals surface area (Å²) in [5, 5.41) is 9.86. The lowest BCUT2D eigenvalue weighted by Gasteiger charge is -2.08. The Morgan fingerprint density at radius 3 is 2.60 bits per heavy atom. The number of para-hydroxylation sites is 1. The predicted molar refractivity (Wildman–Crippen MR) is 58.3 cm³/mol. The highest BCUT2D eigenvalue weighted by molar-refractivity contribution is 5.81. The zero-order chi connectivity index (χ0) is 10.8. The van der Waals surface area contributed by atoms with Crippen LogP contribution in [0.5, 0.6) is 0 Å². The Labute approximate surface area is 88.4 Å². The minimum Gasteiger partial charge on any atom is -0.223 e. The molecule has 1 aromatic heterocycles. The Hall–Kier alpha value is -1.95. The Balaban J connectivity index is 2.82. The van der Waals surface area contributed by atoms with Crippen molar-refractivity contribution in [2.45, 2.75) is 19.8 Å². The summed E-state index contributed by atoms with van der Waals surface area (Å²) in [4.78, 5) is 8.41. The van der Waals surface area contributed by atoms with E-state index in [1.54, 1.807) is 0 Å². The molecule has 2 rings (SSSR count). The zero-order valence-electron chi connectivity index (χ0n) is 8.73. The van der Waals surface area contributed by atoms with Gasteiger partial charge in [-0.25, -0.2) is 9.97 Å². The summed E-state index contributed by atoms with van der Waals surface area (Å²) in [5.41, 5.74) is 1.78. The fourth-order valence-electron chi connectivity index (χ4n) is 1.59. The van der Waals surface area contributed by atoms with Gasteiger partial charge in [0.05, 0.1) is 11.2 Å². The number of nitrogens with zero attached hydrogens (tertiary/aromatic N) is 3. The third-order valence-electron chi connectivity index (χ3n) is 2.28. The summed E-state index contributed by atoms with van der Waals surface area (Å²) >= 11 is 0. The van der Waals surface area contributed by atoms with E-state index in [1.807, 2.05) is 30.3 Å². The van der Waals surface area contributed by atoms with Crippen molar-refractivity contribution in [2.24, 2.45) is 0 Å². The number of nitriles is 1. The maximum absolute atomic E-state index is 8.83. The fraction of sp³-hybridized carbons (Fsp3) is 0.250. The number of aromatic nitrogens is 2. The molecule has 0 aliphatic carbocycles. The van der Waals surface area contributed by atoms with Crippen LogP contribution in [0.15, 0.2) is 24.3 Å². The van der Waals surface area contributed by atoms with Crippen LogP contribution in [0.1, 0.15) is 31.3 Å². The fourth-order valence-corrected chi connectivity index (χ4v) is 1.59. The molecule has 0 saturated carbocycles. The van der Waals surface area contributed by atoms with Gasteiger partial charge in [-0.15, -0.1) is 0 Å². The molecular weight excluding hydrogens is 186 g/mol. The van der Waals surface area contributed by atoms with Crippen molar-refractivity contribution in [1.29, 1.82) is 5.26 Å². The van der Waals surface area contributed by atoms with E-state index >= 15 is 0 Å². The van der Waals surface area contributed by atoms with E-state index in [-0.39, 0.29) is 5.82 Å². The van der Waals surface area contributed by atoms with E-state index in [9.17, 15) is 0 Å². The van der Waals surface area contributed by atoms with Crippen molar-refractivity contribution in [3.63, 3.8) is 0 Å². The highest BCUT2D eigenvalue weighted by Gasteiger charge is 2.09. The van der Waals surface area contributed by atoms with Crippen molar-refractivity contribution in [3.05, 3.63) is 35.8 Å². The molecule has 3 nitrogen and oxygen atoms in total. The molecule has 1 aromatic carbocycles. The molecule has 0 bridgehead atoms. The first-order valence-corrected chi connectivity index (χ1v) is 4.89. The Kier molecular flexibility index (Phi) is 2.34. The van der Waals surface area contributed by atoms with Crippen LogP contribution in [0.3, 0.4) is 0 Å². The molecule has 0 unspecified atom stereocenters. The lowest BCUT2D eigenvalue weighted by Crippen LogP contribution is -1.99. The number of fused-ring (bicyclic) bond motifs is 1. The maximum atomic E-state index is 8.83. The van der Waals surface area contributed by atoms with Gasteiger partial charge >= 0.3 is 0 Å². The normalized spacial score (nSPS) is 10.5. The molecule has 0 aliphatic rings. The lowest BCUT2D eigenvalue weighted by atomic mass is 10.0. The first-order valence-electron chi connectivity index (χ1n) is 4.89. The molecule has 0 atom stereocenters. The summed E-state index contributed by atoms with van der Waals surface area (Å²) in [6.07, 6.45) is 0. The minimum absolute atomic E-state index is 0.248. The monoisotopic (exact) mass is 197 g/mol. The van der Waals surface area contributed by atoms with Crippen LogP contribution in [0.25, 0.3) is 10.9 Å². The van der Waals surface area contributed by atoms with Crippen molar-refractivity contribution < 1.29 is 0 Å². The molecule has 0 spiro atoms. The molecule has 0 fully saturated rings. The third-order valence-corrected chi connectivity index (χ3v) is 2.28. The van der Waals surface area contributed by atoms with Gasteiger partial charge in [-0.2, -0.15) is 5.26 Å². The van der Waals surface area contributed by atoms with Crippen LogP contribution < -0.4 is 0 Å². The van der Waals surface area contributed by atoms with E-state index < -0.39 is 0 Å².